The number of nitrogens with zero attached hydrogens (tertiary/aromatic N) is 1. The van der Waals surface area contributed by atoms with Crippen LogP contribution in [-0.2, 0) is 0 Å². The van der Waals surface area contributed by atoms with Crippen molar-refractivity contribution in [2.45, 2.75) is 50.6 Å². The first-order valence-electron chi connectivity index (χ1n) is 5.90. The van der Waals surface area contributed by atoms with E-state index in [2.05, 4.69) is 10.2 Å². The first-order valence-corrected chi connectivity index (χ1v) is 5.90. The van der Waals surface area contributed by atoms with Crippen LogP contribution in [0.4, 0.5) is 4.79 Å². The average molecular weight is 194 g/mol. The van der Waals surface area contributed by atoms with Crippen molar-refractivity contribution in [3.8, 4) is 0 Å². The smallest absolute Gasteiger partial charge is 0.317 e. The molecule has 0 aromatic heterocycles. The molecule has 2 bridgehead atoms. The van der Waals surface area contributed by atoms with Gasteiger partial charge in [-0.3, -0.25) is 0 Å². The van der Waals surface area contributed by atoms with Crippen LogP contribution in [0.15, 0.2) is 0 Å². The van der Waals surface area contributed by atoms with Crippen molar-refractivity contribution in [1.82, 2.24) is 10.2 Å². The Labute approximate surface area is 84.8 Å². The lowest BCUT2D eigenvalue weighted by Crippen LogP contribution is -2.54. The highest BCUT2D eigenvalue weighted by atomic mass is 16.2. The normalized spacial score (nSPS) is 35.9. The van der Waals surface area contributed by atoms with Crippen molar-refractivity contribution >= 4 is 6.03 Å². The summed E-state index contributed by atoms with van der Waals surface area (Å²) in [5.74, 6) is 0.796. The Morgan fingerprint density at radius 2 is 1.79 bits per heavy atom. The number of urea groups is 1. The molecule has 1 N–H and O–H groups in total. The van der Waals surface area contributed by atoms with Gasteiger partial charge in [0.05, 0.1) is 0 Å². The Bertz CT molecular complexity index is 242. The van der Waals surface area contributed by atoms with Gasteiger partial charge < -0.3 is 10.2 Å². The summed E-state index contributed by atoms with van der Waals surface area (Å²) in [7, 11) is 0. The number of amides is 2. The van der Waals surface area contributed by atoms with Gasteiger partial charge in [-0.15, -0.1) is 0 Å². The Balaban J connectivity index is 1.63. The number of piperidine rings is 2. The summed E-state index contributed by atoms with van der Waals surface area (Å²) >= 11 is 0. The number of fused-ring (bicyclic) bond motifs is 3. The molecule has 0 aromatic rings. The zero-order valence-corrected chi connectivity index (χ0v) is 8.54. The maximum atomic E-state index is 11.9. The summed E-state index contributed by atoms with van der Waals surface area (Å²) < 4.78 is 0. The molecule has 2 aliphatic heterocycles. The maximum Gasteiger partial charge on any atom is 0.317 e. The van der Waals surface area contributed by atoms with Gasteiger partial charge in [0.1, 0.15) is 0 Å². The third kappa shape index (κ3) is 1.49. The second-order valence-electron chi connectivity index (χ2n) is 5.05. The Kier molecular flexibility index (Phi) is 1.92. The predicted octanol–water partition coefficient (Wildman–Crippen LogP) is 1.73. The van der Waals surface area contributed by atoms with Crippen LogP contribution in [0.5, 0.6) is 0 Å². The lowest BCUT2D eigenvalue weighted by atomic mass is 9.80. The number of rotatable bonds is 1. The van der Waals surface area contributed by atoms with Gasteiger partial charge in [0.25, 0.3) is 0 Å². The molecule has 2 heterocycles. The van der Waals surface area contributed by atoms with Crippen LogP contribution < -0.4 is 5.32 Å². The van der Waals surface area contributed by atoms with E-state index in [4.69, 9.17) is 0 Å². The molecule has 3 nitrogen and oxygen atoms in total. The molecule has 78 valence electrons. The SMILES string of the molecule is O=C(NC1CC1)N1CC2CCC1CC2. The summed E-state index contributed by atoms with van der Waals surface area (Å²) in [4.78, 5) is 13.9. The monoisotopic (exact) mass is 194 g/mol. The van der Waals surface area contributed by atoms with Gasteiger partial charge in [-0.2, -0.15) is 0 Å². The number of carbonyl (C=O) groups is 1. The molecule has 0 atom stereocenters. The van der Waals surface area contributed by atoms with Crippen molar-refractivity contribution in [2.24, 2.45) is 5.92 Å². The summed E-state index contributed by atoms with van der Waals surface area (Å²) in [6.45, 7) is 1.02. The molecule has 3 heteroatoms. The lowest BCUT2D eigenvalue weighted by molar-refractivity contribution is 0.0747. The summed E-state index contributed by atoms with van der Waals surface area (Å²) in [6.07, 6.45) is 7.54. The van der Waals surface area contributed by atoms with E-state index in [1.165, 1.54) is 38.5 Å². The summed E-state index contributed by atoms with van der Waals surface area (Å²) in [5.41, 5.74) is 0. The summed E-state index contributed by atoms with van der Waals surface area (Å²) in [5, 5.41) is 3.10. The lowest BCUT2D eigenvalue weighted by Gasteiger charge is -2.45. The van der Waals surface area contributed by atoms with Crippen molar-refractivity contribution in [1.29, 1.82) is 0 Å². The van der Waals surface area contributed by atoms with Gasteiger partial charge in [-0.05, 0) is 44.4 Å². The zero-order chi connectivity index (χ0) is 9.54. The minimum absolute atomic E-state index is 0.210. The fourth-order valence-electron chi connectivity index (χ4n) is 2.80. The molecule has 4 rings (SSSR count). The fraction of sp³-hybridized carbons (Fsp3) is 0.909. The second-order valence-corrected chi connectivity index (χ2v) is 5.05. The van der Waals surface area contributed by atoms with E-state index in [0.717, 1.165) is 12.5 Å². The molecule has 0 unspecified atom stereocenters. The molecule has 0 spiro atoms. The molecule has 4 fully saturated rings. The van der Waals surface area contributed by atoms with Gasteiger partial charge in [0.2, 0.25) is 0 Å². The van der Waals surface area contributed by atoms with E-state index in [-0.39, 0.29) is 6.03 Å². The maximum absolute atomic E-state index is 11.9. The van der Waals surface area contributed by atoms with Crippen LogP contribution >= 0.6 is 0 Å². The molecule has 2 saturated carbocycles. The Hall–Kier alpha value is -0.730. The van der Waals surface area contributed by atoms with Crippen LogP contribution in [0.2, 0.25) is 0 Å². The average Bonchev–Trinajstić information content (AvgIpc) is 3.03. The van der Waals surface area contributed by atoms with Crippen LogP contribution in [0.3, 0.4) is 0 Å². The second kappa shape index (κ2) is 3.14. The van der Waals surface area contributed by atoms with Gasteiger partial charge in [0.15, 0.2) is 0 Å². The third-order valence-electron chi connectivity index (χ3n) is 3.88. The molecule has 0 aromatic carbocycles. The van der Waals surface area contributed by atoms with Crippen LogP contribution in [0, 0.1) is 5.92 Å². The molecule has 14 heavy (non-hydrogen) atoms. The molecule has 4 aliphatic rings. The van der Waals surface area contributed by atoms with E-state index in [1.807, 2.05) is 0 Å². The molecular formula is C11H18N2O. The molecule has 2 saturated heterocycles. The molecule has 2 amide bonds. The highest BCUT2D eigenvalue weighted by Gasteiger charge is 2.37. The van der Waals surface area contributed by atoms with E-state index >= 15 is 0 Å². The zero-order valence-electron chi connectivity index (χ0n) is 8.54. The quantitative estimate of drug-likeness (QED) is 0.677. The number of nitrogens with one attached hydrogen (secondary N) is 1. The number of hydrogen-bond donors (Lipinski definition) is 1. The van der Waals surface area contributed by atoms with Gasteiger partial charge >= 0.3 is 6.03 Å². The number of hydrogen-bond acceptors (Lipinski definition) is 1. The Morgan fingerprint density at radius 1 is 1.07 bits per heavy atom. The van der Waals surface area contributed by atoms with Crippen LogP contribution in [0.1, 0.15) is 38.5 Å². The van der Waals surface area contributed by atoms with Crippen molar-refractivity contribution < 1.29 is 4.79 Å². The van der Waals surface area contributed by atoms with Crippen molar-refractivity contribution in [2.75, 3.05) is 6.54 Å². The van der Waals surface area contributed by atoms with E-state index in [0.29, 0.717) is 12.1 Å². The predicted molar refractivity (Wildman–Crippen MR) is 54.0 cm³/mol. The largest absolute Gasteiger partial charge is 0.335 e. The van der Waals surface area contributed by atoms with E-state index in [9.17, 15) is 4.79 Å². The van der Waals surface area contributed by atoms with Gasteiger partial charge in [0, 0.05) is 18.6 Å². The third-order valence-corrected chi connectivity index (χ3v) is 3.88. The van der Waals surface area contributed by atoms with E-state index < -0.39 is 0 Å². The fourth-order valence-corrected chi connectivity index (χ4v) is 2.80. The van der Waals surface area contributed by atoms with Crippen molar-refractivity contribution in [3.05, 3.63) is 0 Å². The molecular weight excluding hydrogens is 176 g/mol. The van der Waals surface area contributed by atoms with E-state index in [1.54, 1.807) is 0 Å². The van der Waals surface area contributed by atoms with Crippen molar-refractivity contribution in [3.63, 3.8) is 0 Å². The first-order chi connectivity index (χ1) is 6.83. The molecule has 0 radical (unpaired) electrons. The topological polar surface area (TPSA) is 32.3 Å². The van der Waals surface area contributed by atoms with Gasteiger partial charge in [-0.1, -0.05) is 0 Å². The van der Waals surface area contributed by atoms with Crippen LogP contribution in [0.25, 0.3) is 0 Å². The minimum Gasteiger partial charge on any atom is -0.335 e. The van der Waals surface area contributed by atoms with Gasteiger partial charge in [-0.25, -0.2) is 4.79 Å². The molecule has 2 aliphatic carbocycles. The number of carbonyl (C=O) groups excluding carboxylic acids is 1. The minimum atomic E-state index is 0.210. The highest BCUT2D eigenvalue weighted by Crippen LogP contribution is 2.35. The van der Waals surface area contributed by atoms with Crippen LogP contribution in [-0.4, -0.2) is 29.6 Å². The highest BCUT2D eigenvalue weighted by molar-refractivity contribution is 5.75. The summed E-state index contributed by atoms with van der Waals surface area (Å²) in [6, 6.07) is 1.27. The Morgan fingerprint density at radius 3 is 2.29 bits per heavy atom. The standard InChI is InChI=1S/C11H18N2O/c14-11(12-9-3-4-9)13-7-8-1-5-10(13)6-2-8/h8-10H,1-7H2,(H,12,14). The first kappa shape index (κ1) is 8.57.